The van der Waals surface area contributed by atoms with Gasteiger partial charge in [0.15, 0.2) is 5.65 Å². The maximum atomic E-state index is 5.95. The highest BCUT2D eigenvalue weighted by molar-refractivity contribution is 6.28. The van der Waals surface area contributed by atoms with Crippen LogP contribution in [-0.4, -0.2) is 25.1 Å². The summed E-state index contributed by atoms with van der Waals surface area (Å²) >= 11 is 5.95. The number of nitrogens with one attached hydrogen (secondary N) is 2. The molecule has 0 amide bonds. The van der Waals surface area contributed by atoms with E-state index in [0.29, 0.717) is 11.5 Å². The Balaban J connectivity index is 1.82. The fourth-order valence-electron chi connectivity index (χ4n) is 2.19. The molecule has 0 unspecified atom stereocenters. The number of nitrogens with zero attached hydrogens (tertiary/aromatic N) is 4. The number of anilines is 2. The quantitative estimate of drug-likeness (QED) is 0.555. The molecule has 0 radical (unpaired) electrons. The molecule has 4 aromatic rings. The van der Waals surface area contributed by atoms with E-state index in [2.05, 4.69) is 30.5 Å². The predicted octanol–water partition coefficient (Wildman–Crippen LogP) is 3.30. The molecule has 0 spiro atoms. The fraction of sp³-hybridized carbons (Fsp3) is 0. The Kier molecular flexibility index (Phi) is 2.68. The molecule has 2 N–H and O–H groups in total. The Morgan fingerprint density at radius 1 is 1.14 bits per heavy atom. The van der Waals surface area contributed by atoms with Crippen molar-refractivity contribution in [1.82, 2.24) is 25.1 Å². The van der Waals surface area contributed by atoms with Gasteiger partial charge in [-0.15, -0.1) is 0 Å². The van der Waals surface area contributed by atoms with Gasteiger partial charge in [-0.05, 0) is 41.9 Å². The minimum Gasteiger partial charge on any atom is -0.339 e. The van der Waals surface area contributed by atoms with Gasteiger partial charge in [-0.25, -0.2) is 4.98 Å². The summed E-state index contributed by atoms with van der Waals surface area (Å²) in [5.74, 6) is 0.626. The predicted molar refractivity (Wildman–Crippen MR) is 81.7 cm³/mol. The van der Waals surface area contributed by atoms with Crippen molar-refractivity contribution < 1.29 is 0 Å². The molecule has 0 saturated carbocycles. The zero-order chi connectivity index (χ0) is 14.2. The molecule has 0 atom stereocenters. The van der Waals surface area contributed by atoms with Crippen molar-refractivity contribution in [1.29, 1.82) is 0 Å². The molecule has 0 aliphatic heterocycles. The summed E-state index contributed by atoms with van der Waals surface area (Å²) < 4.78 is 0. The van der Waals surface area contributed by atoms with Gasteiger partial charge in [0.25, 0.3) is 0 Å². The molecular weight excluding hydrogens is 288 g/mol. The first kappa shape index (κ1) is 12.0. The lowest BCUT2D eigenvalue weighted by Gasteiger charge is -2.08. The molecule has 1 aromatic carbocycles. The van der Waals surface area contributed by atoms with E-state index in [-0.39, 0.29) is 5.28 Å². The van der Waals surface area contributed by atoms with Crippen molar-refractivity contribution in [3.63, 3.8) is 0 Å². The van der Waals surface area contributed by atoms with E-state index in [1.807, 2.05) is 30.3 Å². The number of aromatic amines is 1. The summed E-state index contributed by atoms with van der Waals surface area (Å²) in [6.45, 7) is 0. The zero-order valence-electron chi connectivity index (χ0n) is 10.7. The van der Waals surface area contributed by atoms with E-state index in [9.17, 15) is 0 Å². The third kappa shape index (κ3) is 2.15. The second kappa shape index (κ2) is 4.68. The van der Waals surface area contributed by atoms with Crippen LogP contribution in [0.25, 0.3) is 21.9 Å². The molecule has 0 fully saturated rings. The van der Waals surface area contributed by atoms with Gasteiger partial charge in [0.05, 0.1) is 17.1 Å². The molecule has 0 aliphatic rings. The normalized spacial score (nSPS) is 11.1. The lowest BCUT2D eigenvalue weighted by molar-refractivity contribution is 1.12. The van der Waals surface area contributed by atoms with Gasteiger partial charge in [-0.3, -0.25) is 5.10 Å². The topological polar surface area (TPSA) is 79.4 Å². The lowest BCUT2D eigenvalue weighted by Crippen LogP contribution is -1.98. The van der Waals surface area contributed by atoms with Crippen LogP contribution < -0.4 is 5.32 Å². The van der Waals surface area contributed by atoms with Crippen molar-refractivity contribution in [3.05, 3.63) is 48.0 Å². The van der Waals surface area contributed by atoms with Crippen LogP contribution in [0, 0.1) is 0 Å². The second-order valence-corrected chi connectivity index (χ2v) is 4.85. The number of hydrogen-bond donors (Lipinski definition) is 2. The number of H-pyrrole nitrogens is 1. The summed E-state index contributed by atoms with van der Waals surface area (Å²) in [7, 11) is 0. The van der Waals surface area contributed by atoms with Gasteiger partial charge in [0.1, 0.15) is 5.82 Å². The number of benzene rings is 1. The van der Waals surface area contributed by atoms with Crippen molar-refractivity contribution in [2.75, 3.05) is 5.32 Å². The zero-order valence-corrected chi connectivity index (χ0v) is 11.5. The average Bonchev–Trinajstić information content (AvgIpc) is 2.94. The summed E-state index contributed by atoms with van der Waals surface area (Å²) in [5, 5.41) is 12.2. The SMILES string of the molecule is Clc1nc(Nc2ccc3[nH]ncc3c2)c2cccnc2n1. The van der Waals surface area contributed by atoms with E-state index < -0.39 is 0 Å². The largest absolute Gasteiger partial charge is 0.339 e. The van der Waals surface area contributed by atoms with Gasteiger partial charge in [-0.2, -0.15) is 15.1 Å². The molecule has 7 heteroatoms. The highest BCUT2D eigenvalue weighted by Crippen LogP contribution is 2.25. The number of aromatic nitrogens is 5. The average molecular weight is 297 g/mol. The van der Waals surface area contributed by atoms with E-state index in [1.165, 1.54) is 0 Å². The van der Waals surface area contributed by atoms with E-state index in [0.717, 1.165) is 22.0 Å². The Morgan fingerprint density at radius 3 is 3.05 bits per heavy atom. The number of pyridine rings is 1. The van der Waals surface area contributed by atoms with Crippen LogP contribution in [0.1, 0.15) is 0 Å². The van der Waals surface area contributed by atoms with Crippen LogP contribution >= 0.6 is 11.6 Å². The molecule has 102 valence electrons. The van der Waals surface area contributed by atoms with Gasteiger partial charge < -0.3 is 5.32 Å². The minimum absolute atomic E-state index is 0.160. The number of hydrogen-bond acceptors (Lipinski definition) is 5. The smallest absolute Gasteiger partial charge is 0.226 e. The molecule has 6 nitrogen and oxygen atoms in total. The fourth-order valence-corrected chi connectivity index (χ4v) is 2.35. The molecular formula is C14H9ClN6. The Labute approximate surface area is 124 Å². The minimum atomic E-state index is 0.160. The van der Waals surface area contributed by atoms with Gasteiger partial charge >= 0.3 is 0 Å². The van der Waals surface area contributed by atoms with Crippen LogP contribution in [0.4, 0.5) is 11.5 Å². The maximum Gasteiger partial charge on any atom is 0.226 e. The van der Waals surface area contributed by atoms with E-state index in [4.69, 9.17) is 11.6 Å². The van der Waals surface area contributed by atoms with Gasteiger partial charge in [0, 0.05) is 17.3 Å². The van der Waals surface area contributed by atoms with Crippen LogP contribution in [-0.2, 0) is 0 Å². The number of halogens is 1. The number of rotatable bonds is 2. The Bertz CT molecular complexity index is 948. The highest BCUT2D eigenvalue weighted by Gasteiger charge is 2.08. The standard InChI is InChI=1S/C14H9ClN6/c15-14-19-12-10(2-1-5-16-12)13(20-14)18-9-3-4-11-8(6-9)7-17-21-11/h1-7H,(H,17,21)(H,16,18,19,20). The van der Waals surface area contributed by atoms with Crippen LogP contribution in [0.5, 0.6) is 0 Å². The van der Waals surface area contributed by atoms with Crippen LogP contribution in [0.3, 0.4) is 0 Å². The molecule has 3 heterocycles. The monoisotopic (exact) mass is 296 g/mol. The highest BCUT2D eigenvalue weighted by atomic mass is 35.5. The summed E-state index contributed by atoms with van der Waals surface area (Å²) in [4.78, 5) is 12.5. The van der Waals surface area contributed by atoms with Gasteiger partial charge in [0.2, 0.25) is 5.28 Å². The van der Waals surface area contributed by atoms with Crippen molar-refractivity contribution >= 4 is 45.0 Å². The molecule has 0 bridgehead atoms. The molecule has 4 rings (SSSR count). The van der Waals surface area contributed by atoms with Crippen molar-refractivity contribution in [2.24, 2.45) is 0 Å². The molecule has 0 saturated heterocycles. The van der Waals surface area contributed by atoms with Crippen molar-refractivity contribution in [3.8, 4) is 0 Å². The third-order valence-electron chi connectivity index (χ3n) is 3.15. The second-order valence-electron chi connectivity index (χ2n) is 4.51. The summed E-state index contributed by atoms with van der Waals surface area (Å²) in [6.07, 6.45) is 3.44. The molecule has 0 aliphatic carbocycles. The first-order valence-electron chi connectivity index (χ1n) is 6.28. The Morgan fingerprint density at radius 2 is 2.10 bits per heavy atom. The van der Waals surface area contributed by atoms with Crippen LogP contribution in [0.15, 0.2) is 42.7 Å². The summed E-state index contributed by atoms with van der Waals surface area (Å²) in [6, 6.07) is 9.62. The lowest BCUT2D eigenvalue weighted by atomic mass is 10.2. The molecule has 21 heavy (non-hydrogen) atoms. The first-order chi connectivity index (χ1) is 10.3. The van der Waals surface area contributed by atoms with E-state index >= 15 is 0 Å². The van der Waals surface area contributed by atoms with Crippen molar-refractivity contribution in [2.45, 2.75) is 0 Å². The molecule has 3 aromatic heterocycles. The van der Waals surface area contributed by atoms with Gasteiger partial charge in [-0.1, -0.05) is 0 Å². The van der Waals surface area contributed by atoms with Crippen LogP contribution in [0.2, 0.25) is 5.28 Å². The summed E-state index contributed by atoms with van der Waals surface area (Å²) in [5.41, 5.74) is 2.43. The van der Waals surface area contributed by atoms with E-state index in [1.54, 1.807) is 12.4 Å². The Hall–Kier alpha value is -2.73. The third-order valence-corrected chi connectivity index (χ3v) is 3.32. The maximum absolute atomic E-state index is 5.95. The number of fused-ring (bicyclic) bond motifs is 2. The first-order valence-corrected chi connectivity index (χ1v) is 6.66.